The van der Waals surface area contributed by atoms with Crippen LogP contribution in [-0.2, 0) is 0 Å². The molecule has 0 bridgehead atoms. The molecule has 26 heavy (non-hydrogen) atoms. The Hall–Kier alpha value is -2.22. The predicted molar refractivity (Wildman–Crippen MR) is 103 cm³/mol. The van der Waals surface area contributed by atoms with E-state index in [4.69, 9.17) is 4.74 Å². The number of hydrogen-bond donors (Lipinski definition) is 2. The summed E-state index contributed by atoms with van der Waals surface area (Å²) in [4.78, 5) is 11.3. The molecule has 1 aliphatic heterocycles. The number of aliphatic hydroxyl groups is 2. The normalized spacial score (nSPS) is 20.5. The van der Waals surface area contributed by atoms with Crippen LogP contribution in [0.4, 0.5) is 5.82 Å². The summed E-state index contributed by atoms with van der Waals surface area (Å²) < 4.78 is 6.35. The van der Waals surface area contributed by atoms with E-state index in [0.717, 1.165) is 45.3 Å². The fraction of sp³-hybridized carbons (Fsp3) is 0.368. The van der Waals surface area contributed by atoms with E-state index < -0.39 is 6.10 Å². The van der Waals surface area contributed by atoms with Gasteiger partial charge in [0.1, 0.15) is 16.6 Å². The Bertz CT molecular complexity index is 897. The number of aliphatic hydroxyl groups excluding tert-OH is 2. The third kappa shape index (κ3) is 3.25. The van der Waals surface area contributed by atoms with Gasteiger partial charge in [-0.2, -0.15) is 0 Å². The Kier molecular flexibility index (Phi) is 4.76. The Morgan fingerprint density at radius 3 is 2.88 bits per heavy atom. The molecule has 2 aromatic heterocycles. The first kappa shape index (κ1) is 17.2. The van der Waals surface area contributed by atoms with Crippen molar-refractivity contribution in [1.82, 2.24) is 9.97 Å². The van der Waals surface area contributed by atoms with Crippen LogP contribution in [0.5, 0.6) is 5.75 Å². The minimum Gasteiger partial charge on any atom is -0.497 e. The third-order valence-electron chi connectivity index (χ3n) is 4.87. The van der Waals surface area contributed by atoms with Gasteiger partial charge in [-0.15, -0.1) is 11.3 Å². The summed E-state index contributed by atoms with van der Waals surface area (Å²) in [5.41, 5.74) is 1.92. The van der Waals surface area contributed by atoms with E-state index in [-0.39, 0.29) is 12.5 Å². The van der Waals surface area contributed by atoms with Crippen molar-refractivity contribution in [2.45, 2.75) is 12.5 Å². The highest BCUT2D eigenvalue weighted by Gasteiger charge is 2.27. The summed E-state index contributed by atoms with van der Waals surface area (Å²) in [6, 6.07) is 9.85. The number of aromatic nitrogens is 2. The maximum atomic E-state index is 10.1. The van der Waals surface area contributed by atoms with Gasteiger partial charge >= 0.3 is 0 Å². The van der Waals surface area contributed by atoms with Crippen molar-refractivity contribution in [3.05, 3.63) is 36.5 Å². The lowest BCUT2D eigenvalue weighted by atomic mass is 9.95. The van der Waals surface area contributed by atoms with Gasteiger partial charge in [0.2, 0.25) is 0 Å². The lowest BCUT2D eigenvalue weighted by molar-refractivity contribution is 0.0546. The van der Waals surface area contributed by atoms with Gasteiger partial charge in [0, 0.05) is 37.4 Å². The van der Waals surface area contributed by atoms with Gasteiger partial charge in [0.15, 0.2) is 0 Å². The minimum absolute atomic E-state index is 0.0315. The predicted octanol–water partition coefficient (Wildman–Crippen LogP) is 2.55. The zero-order valence-electron chi connectivity index (χ0n) is 14.5. The number of ether oxygens (including phenoxy) is 1. The Morgan fingerprint density at radius 1 is 1.31 bits per heavy atom. The number of hydrogen-bond acceptors (Lipinski definition) is 7. The lowest BCUT2D eigenvalue weighted by Gasteiger charge is -2.35. The van der Waals surface area contributed by atoms with E-state index >= 15 is 0 Å². The molecule has 4 rings (SSSR count). The highest BCUT2D eigenvalue weighted by atomic mass is 32.1. The number of anilines is 1. The zero-order valence-corrected chi connectivity index (χ0v) is 15.3. The van der Waals surface area contributed by atoms with Crippen LogP contribution in [0.2, 0.25) is 0 Å². The first-order valence-electron chi connectivity index (χ1n) is 8.63. The molecular weight excluding hydrogens is 350 g/mol. The van der Waals surface area contributed by atoms with E-state index in [1.54, 1.807) is 18.4 Å². The van der Waals surface area contributed by atoms with Gasteiger partial charge in [-0.25, -0.2) is 9.97 Å². The number of β-amino-alcohol motifs (C(OH)–C–C–N with tert-alkyl or cyclic N) is 1. The summed E-state index contributed by atoms with van der Waals surface area (Å²) in [5, 5.41) is 20.3. The van der Waals surface area contributed by atoms with Gasteiger partial charge in [0.25, 0.3) is 0 Å². The first-order valence-corrected chi connectivity index (χ1v) is 9.44. The van der Waals surface area contributed by atoms with Crippen LogP contribution < -0.4 is 9.64 Å². The van der Waals surface area contributed by atoms with Crippen LogP contribution >= 0.6 is 11.3 Å². The van der Waals surface area contributed by atoms with Crippen LogP contribution in [0.15, 0.2) is 36.5 Å². The number of rotatable bonds is 4. The van der Waals surface area contributed by atoms with Gasteiger partial charge in [0.05, 0.1) is 23.4 Å². The molecular formula is C19H21N3O3S. The molecule has 2 atom stereocenters. The van der Waals surface area contributed by atoms with Crippen molar-refractivity contribution in [3.63, 3.8) is 0 Å². The molecule has 1 aromatic carbocycles. The van der Waals surface area contributed by atoms with Gasteiger partial charge in [-0.05, 0) is 36.8 Å². The average molecular weight is 371 g/mol. The number of benzene rings is 1. The molecule has 3 heterocycles. The van der Waals surface area contributed by atoms with E-state index in [1.165, 1.54) is 0 Å². The van der Waals surface area contributed by atoms with Gasteiger partial charge in [-0.3, -0.25) is 0 Å². The number of nitrogens with zero attached hydrogens (tertiary/aromatic N) is 3. The van der Waals surface area contributed by atoms with Gasteiger partial charge < -0.3 is 19.8 Å². The monoisotopic (exact) mass is 371 g/mol. The Labute approximate surface area is 155 Å². The Morgan fingerprint density at radius 2 is 2.19 bits per heavy atom. The smallest absolute Gasteiger partial charge is 0.128 e. The lowest BCUT2D eigenvalue weighted by Crippen LogP contribution is -2.45. The SMILES string of the molecule is COc1ccc2nc(-c3ccc(N4CC[C@@H](CO)[C@@H](O)C4)nc3)sc2c1. The molecule has 7 heteroatoms. The Balaban J connectivity index is 1.54. The van der Waals surface area contributed by atoms with E-state index in [1.807, 2.05) is 36.5 Å². The maximum absolute atomic E-state index is 10.1. The van der Waals surface area contributed by atoms with Crippen molar-refractivity contribution >= 4 is 27.4 Å². The molecule has 0 spiro atoms. The number of piperidine rings is 1. The molecule has 1 aliphatic rings. The first-order chi connectivity index (χ1) is 12.7. The fourth-order valence-corrected chi connectivity index (χ4v) is 4.24. The molecule has 0 amide bonds. The molecule has 136 valence electrons. The fourth-order valence-electron chi connectivity index (χ4n) is 3.26. The van der Waals surface area contributed by atoms with E-state index in [9.17, 15) is 10.2 Å². The standard InChI is InChI=1S/C19H21N3O3S/c1-25-14-3-4-15-17(8-14)26-19(21-15)12-2-5-18(20-9-12)22-7-6-13(11-23)16(24)10-22/h2-5,8-9,13,16,23-24H,6-7,10-11H2,1H3/t13-,16-/m0/s1. The quantitative estimate of drug-likeness (QED) is 0.734. The summed E-state index contributed by atoms with van der Waals surface area (Å²) in [6.07, 6.45) is 2.07. The van der Waals surface area contributed by atoms with Crippen LogP contribution in [0.3, 0.4) is 0 Å². The zero-order chi connectivity index (χ0) is 18.1. The molecule has 0 radical (unpaired) electrons. The highest BCUT2D eigenvalue weighted by Crippen LogP contribution is 2.32. The van der Waals surface area contributed by atoms with Crippen molar-refractivity contribution in [2.24, 2.45) is 5.92 Å². The average Bonchev–Trinajstić information content (AvgIpc) is 3.11. The second-order valence-corrected chi connectivity index (χ2v) is 7.53. The second-order valence-electron chi connectivity index (χ2n) is 6.50. The van der Waals surface area contributed by atoms with Crippen molar-refractivity contribution in [3.8, 4) is 16.3 Å². The highest BCUT2D eigenvalue weighted by molar-refractivity contribution is 7.21. The summed E-state index contributed by atoms with van der Waals surface area (Å²) >= 11 is 1.61. The molecule has 6 nitrogen and oxygen atoms in total. The molecule has 0 saturated carbocycles. The maximum Gasteiger partial charge on any atom is 0.128 e. The van der Waals surface area contributed by atoms with E-state index in [2.05, 4.69) is 14.9 Å². The topological polar surface area (TPSA) is 78.7 Å². The van der Waals surface area contributed by atoms with Crippen LogP contribution in [-0.4, -0.2) is 53.1 Å². The van der Waals surface area contributed by atoms with Crippen LogP contribution in [0.25, 0.3) is 20.8 Å². The number of methoxy groups -OCH3 is 1. The van der Waals surface area contributed by atoms with Crippen molar-refractivity contribution in [1.29, 1.82) is 0 Å². The molecule has 3 aromatic rings. The summed E-state index contributed by atoms with van der Waals surface area (Å²) in [5.74, 6) is 1.63. The van der Waals surface area contributed by atoms with Crippen LogP contribution in [0.1, 0.15) is 6.42 Å². The molecule has 1 saturated heterocycles. The van der Waals surface area contributed by atoms with Crippen LogP contribution in [0, 0.1) is 5.92 Å². The van der Waals surface area contributed by atoms with E-state index in [0.29, 0.717) is 6.54 Å². The molecule has 2 N–H and O–H groups in total. The number of pyridine rings is 1. The number of thiazole rings is 1. The summed E-state index contributed by atoms with van der Waals surface area (Å²) in [6.45, 7) is 1.32. The van der Waals surface area contributed by atoms with Gasteiger partial charge in [-0.1, -0.05) is 0 Å². The summed E-state index contributed by atoms with van der Waals surface area (Å²) in [7, 11) is 1.66. The largest absolute Gasteiger partial charge is 0.497 e. The third-order valence-corrected chi connectivity index (χ3v) is 5.94. The molecule has 1 fully saturated rings. The second kappa shape index (κ2) is 7.19. The van der Waals surface area contributed by atoms with Crippen molar-refractivity contribution in [2.75, 3.05) is 31.7 Å². The number of fused-ring (bicyclic) bond motifs is 1. The van der Waals surface area contributed by atoms with Crippen molar-refractivity contribution < 1.29 is 14.9 Å². The minimum atomic E-state index is -0.519. The molecule has 0 aliphatic carbocycles. The molecule has 0 unspecified atom stereocenters.